The molecule has 2 aromatic carbocycles. The number of hydrogen-bond acceptors (Lipinski definition) is 6. The monoisotopic (exact) mass is 424 g/mol. The maximum absolute atomic E-state index is 12.9. The van der Waals surface area contributed by atoms with Crippen LogP contribution in [0.1, 0.15) is 12.8 Å². The summed E-state index contributed by atoms with van der Waals surface area (Å²) >= 11 is 5.84. The maximum Gasteiger partial charge on any atom is 0.179 e. The summed E-state index contributed by atoms with van der Waals surface area (Å²) in [5.74, 6) is 0.255. The summed E-state index contributed by atoms with van der Waals surface area (Å²) in [7, 11) is -3.73. The number of ketones is 1. The molecule has 0 atom stereocenters. The average molecular weight is 425 g/mol. The van der Waals surface area contributed by atoms with E-state index in [4.69, 9.17) is 21.1 Å². The Bertz CT molecular complexity index is 916. The second kappa shape index (κ2) is 8.61. The number of hydrogen-bond donors (Lipinski definition) is 1. The Morgan fingerprint density at radius 3 is 2.11 bits per heavy atom. The second-order valence-electron chi connectivity index (χ2n) is 6.76. The lowest BCUT2D eigenvalue weighted by molar-refractivity contribution is -0.135. The van der Waals surface area contributed by atoms with E-state index in [2.05, 4.69) is 0 Å². The average Bonchev–Trinajstić information content (AvgIpc) is 2.70. The summed E-state index contributed by atoms with van der Waals surface area (Å²) < 4.78 is 36.7. The third kappa shape index (κ3) is 4.72. The van der Waals surface area contributed by atoms with Crippen molar-refractivity contribution in [3.05, 3.63) is 53.6 Å². The zero-order chi connectivity index (χ0) is 20.2. The Morgan fingerprint density at radius 1 is 1.04 bits per heavy atom. The molecule has 28 heavy (non-hydrogen) atoms. The summed E-state index contributed by atoms with van der Waals surface area (Å²) in [5.41, 5.74) is -1.11. The Balaban J connectivity index is 1.77. The van der Waals surface area contributed by atoms with Gasteiger partial charge in [0.2, 0.25) is 0 Å². The SMILES string of the molecule is O=C(CO)C1(CS(=O)(=O)c2ccc(Oc3ccc(Cl)cc3)cc2)CCOCC1. The Morgan fingerprint density at radius 2 is 1.57 bits per heavy atom. The number of halogens is 1. The number of aliphatic hydroxyl groups excluding tert-OH is 1. The smallest absolute Gasteiger partial charge is 0.179 e. The van der Waals surface area contributed by atoms with Crippen LogP contribution in [0.15, 0.2) is 53.4 Å². The van der Waals surface area contributed by atoms with Gasteiger partial charge in [-0.25, -0.2) is 8.42 Å². The molecular formula is C20H21ClO6S. The van der Waals surface area contributed by atoms with Crippen molar-refractivity contribution in [2.45, 2.75) is 17.7 Å². The van der Waals surface area contributed by atoms with Gasteiger partial charge in [0, 0.05) is 18.2 Å². The largest absolute Gasteiger partial charge is 0.457 e. The van der Waals surface area contributed by atoms with Gasteiger partial charge in [-0.1, -0.05) is 11.6 Å². The predicted octanol–water partition coefficient (Wildman–Crippen LogP) is 3.26. The molecular weight excluding hydrogens is 404 g/mol. The van der Waals surface area contributed by atoms with Crippen LogP contribution in [0.2, 0.25) is 5.02 Å². The zero-order valence-electron chi connectivity index (χ0n) is 15.1. The van der Waals surface area contributed by atoms with Crippen LogP contribution in [0.3, 0.4) is 0 Å². The quantitative estimate of drug-likeness (QED) is 0.733. The lowest BCUT2D eigenvalue weighted by Crippen LogP contribution is -2.44. The second-order valence-corrected chi connectivity index (χ2v) is 9.19. The van der Waals surface area contributed by atoms with E-state index in [0.717, 1.165) is 0 Å². The molecule has 1 aliphatic rings. The van der Waals surface area contributed by atoms with E-state index in [0.29, 0.717) is 29.7 Å². The zero-order valence-corrected chi connectivity index (χ0v) is 16.7. The number of carbonyl (C=O) groups excluding carboxylic acids is 1. The highest BCUT2D eigenvalue weighted by Crippen LogP contribution is 2.35. The number of carbonyl (C=O) groups is 1. The van der Waals surface area contributed by atoms with Crippen molar-refractivity contribution in [3.63, 3.8) is 0 Å². The van der Waals surface area contributed by atoms with Gasteiger partial charge < -0.3 is 14.6 Å². The third-order valence-electron chi connectivity index (χ3n) is 4.88. The van der Waals surface area contributed by atoms with Crippen molar-refractivity contribution in [3.8, 4) is 11.5 Å². The molecule has 0 saturated carbocycles. The summed E-state index contributed by atoms with van der Waals surface area (Å²) in [4.78, 5) is 12.4. The fraction of sp³-hybridized carbons (Fsp3) is 0.350. The Kier molecular flexibility index (Phi) is 6.40. The highest BCUT2D eigenvalue weighted by Gasteiger charge is 2.43. The van der Waals surface area contributed by atoms with Gasteiger partial charge in [-0.3, -0.25) is 4.79 Å². The fourth-order valence-corrected chi connectivity index (χ4v) is 5.25. The van der Waals surface area contributed by atoms with Crippen LogP contribution < -0.4 is 4.74 Å². The van der Waals surface area contributed by atoms with Crippen molar-refractivity contribution in [2.24, 2.45) is 5.41 Å². The molecule has 0 bridgehead atoms. The molecule has 0 amide bonds. The minimum Gasteiger partial charge on any atom is -0.457 e. The molecule has 1 heterocycles. The van der Waals surface area contributed by atoms with Crippen molar-refractivity contribution in [1.82, 2.24) is 0 Å². The predicted molar refractivity (Wildman–Crippen MR) is 105 cm³/mol. The molecule has 0 radical (unpaired) electrons. The number of ether oxygens (including phenoxy) is 2. The molecule has 0 spiro atoms. The molecule has 3 rings (SSSR count). The number of Topliss-reactive ketones (excluding diaryl/α,β-unsaturated/α-hetero) is 1. The van der Waals surface area contributed by atoms with E-state index in [9.17, 15) is 18.3 Å². The molecule has 0 unspecified atom stereocenters. The van der Waals surface area contributed by atoms with Crippen LogP contribution in [0.5, 0.6) is 11.5 Å². The minimum absolute atomic E-state index is 0.104. The van der Waals surface area contributed by atoms with E-state index in [-0.39, 0.29) is 23.5 Å². The van der Waals surface area contributed by atoms with Gasteiger partial charge in [-0.15, -0.1) is 0 Å². The van der Waals surface area contributed by atoms with Crippen LogP contribution in [0.4, 0.5) is 0 Å². The van der Waals surface area contributed by atoms with Gasteiger partial charge in [0.1, 0.15) is 18.1 Å². The van der Waals surface area contributed by atoms with Gasteiger partial charge in [0.25, 0.3) is 0 Å². The summed E-state index contributed by atoms with van der Waals surface area (Å²) in [6, 6.07) is 12.8. The van der Waals surface area contributed by atoms with Crippen LogP contribution in [-0.2, 0) is 19.4 Å². The Hall–Kier alpha value is -1.93. The van der Waals surface area contributed by atoms with Gasteiger partial charge in [-0.2, -0.15) is 0 Å². The van der Waals surface area contributed by atoms with Gasteiger partial charge >= 0.3 is 0 Å². The van der Waals surface area contributed by atoms with Crippen LogP contribution in [0.25, 0.3) is 0 Å². The molecule has 6 nitrogen and oxygen atoms in total. The molecule has 1 fully saturated rings. The molecule has 1 aliphatic heterocycles. The van der Waals surface area contributed by atoms with Crippen molar-refractivity contribution < 1.29 is 27.8 Å². The van der Waals surface area contributed by atoms with Crippen LogP contribution in [-0.4, -0.2) is 44.9 Å². The number of rotatable bonds is 7. The van der Waals surface area contributed by atoms with Crippen LogP contribution >= 0.6 is 11.6 Å². The highest BCUT2D eigenvalue weighted by molar-refractivity contribution is 7.91. The third-order valence-corrected chi connectivity index (χ3v) is 7.06. The van der Waals surface area contributed by atoms with Crippen molar-refractivity contribution in [1.29, 1.82) is 0 Å². The lowest BCUT2D eigenvalue weighted by atomic mass is 9.78. The summed E-state index contributed by atoms with van der Waals surface area (Å²) in [6.45, 7) is -0.0757. The number of aliphatic hydroxyl groups is 1. The molecule has 0 aromatic heterocycles. The molecule has 150 valence electrons. The first-order valence-electron chi connectivity index (χ1n) is 8.83. The van der Waals surface area contributed by atoms with Crippen molar-refractivity contribution >= 4 is 27.2 Å². The molecule has 1 saturated heterocycles. The first-order chi connectivity index (χ1) is 13.3. The maximum atomic E-state index is 12.9. The highest BCUT2D eigenvalue weighted by atomic mass is 35.5. The van der Waals surface area contributed by atoms with Gasteiger partial charge in [0.15, 0.2) is 15.6 Å². The number of benzene rings is 2. The minimum atomic E-state index is -3.73. The molecule has 8 heteroatoms. The van der Waals surface area contributed by atoms with E-state index in [1.807, 2.05) is 0 Å². The van der Waals surface area contributed by atoms with E-state index in [1.165, 1.54) is 12.1 Å². The molecule has 0 aliphatic carbocycles. The summed E-state index contributed by atoms with van der Waals surface area (Å²) in [5, 5.41) is 9.89. The topological polar surface area (TPSA) is 89.9 Å². The van der Waals surface area contributed by atoms with Gasteiger partial charge in [-0.05, 0) is 61.4 Å². The first kappa shape index (κ1) is 20.8. The standard InChI is InChI=1S/C20H21ClO6S/c21-15-1-3-16(4-2-15)27-17-5-7-18(8-6-17)28(24,25)14-20(19(23)13-22)9-11-26-12-10-20/h1-8,22H,9-14H2. The lowest BCUT2D eigenvalue weighted by Gasteiger charge is -2.34. The summed E-state index contributed by atoms with van der Waals surface area (Å²) in [6.07, 6.45) is 0.562. The van der Waals surface area contributed by atoms with E-state index in [1.54, 1.807) is 36.4 Å². The van der Waals surface area contributed by atoms with Crippen molar-refractivity contribution in [2.75, 3.05) is 25.6 Å². The van der Waals surface area contributed by atoms with E-state index >= 15 is 0 Å². The van der Waals surface area contributed by atoms with Gasteiger partial charge in [0.05, 0.1) is 16.1 Å². The Labute approximate surface area is 169 Å². The molecule has 1 N–H and O–H groups in total. The molecule has 2 aromatic rings. The van der Waals surface area contributed by atoms with E-state index < -0.39 is 27.6 Å². The normalized spacial score (nSPS) is 16.5. The number of sulfone groups is 1. The fourth-order valence-electron chi connectivity index (χ4n) is 3.23. The van der Waals surface area contributed by atoms with Crippen LogP contribution in [0, 0.1) is 5.41 Å². The first-order valence-corrected chi connectivity index (χ1v) is 10.9.